The zero-order chi connectivity index (χ0) is 95.6. The molecular formula is C92H154N2O30Si4. The Morgan fingerprint density at radius 3 is 0.781 bits per heavy atom. The average Bonchev–Trinajstić information content (AvgIpc) is 1.55. The summed E-state index contributed by atoms with van der Waals surface area (Å²) in [5, 5.41) is 26.8. The molecule has 0 spiro atoms. The van der Waals surface area contributed by atoms with E-state index in [4.69, 9.17) is 112 Å². The number of aliphatic hydroxyl groups is 2. The number of benzene rings is 2. The van der Waals surface area contributed by atoms with Crippen molar-refractivity contribution < 1.29 is 142 Å². The fraction of sp³-hybridized carbons (Fsp3) is 0.826. The van der Waals surface area contributed by atoms with Gasteiger partial charge in [-0.1, -0.05) is 144 Å². The summed E-state index contributed by atoms with van der Waals surface area (Å²) >= 11 is 0. The Kier molecular flexibility index (Phi) is 30.3. The maximum Gasteiger partial charge on any atom is 0.407 e. The van der Waals surface area contributed by atoms with E-state index >= 15 is 0 Å². The molecule has 128 heavy (non-hydrogen) atoms. The summed E-state index contributed by atoms with van der Waals surface area (Å²) in [5.41, 5.74) is 1.68. The number of carbonyl (C=O) groups excluding carboxylic acids is 4. The average molecular weight is 1880 g/mol. The number of carbonyl (C=O) groups is 4. The monoisotopic (exact) mass is 1880 g/mol. The second kappa shape index (κ2) is 37.1. The molecule has 728 valence electrons. The van der Waals surface area contributed by atoms with Crippen molar-refractivity contribution in [1.29, 1.82) is 0 Å². The summed E-state index contributed by atoms with van der Waals surface area (Å²) in [4.78, 5) is 50.4. The zero-order valence-corrected chi connectivity index (χ0v) is 86.8. The van der Waals surface area contributed by atoms with Gasteiger partial charge in [0.15, 0.2) is 91.8 Å². The lowest BCUT2D eigenvalue weighted by Gasteiger charge is -2.47. The number of ether oxygens (including phenoxy) is 20. The molecule has 24 atom stereocenters. The minimum Gasteiger partial charge on any atom is -0.455 e. The van der Waals surface area contributed by atoms with Crippen molar-refractivity contribution in [2.45, 2.75) is 472 Å². The molecule has 4 N–H and O–H groups in total. The van der Waals surface area contributed by atoms with Gasteiger partial charge in [-0.25, -0.2) is 9.59 Å². The van der Waals surface area contributed by atoms with Crippen molar-refractivity contribution >= 4 is 57.4 Å². The highest BCUT2D eigenvalue weighted by molar-refractivity contribution is 6.75. The lowest BCUT2D eigenvalue weighted by atomic mass is 9.85. The largest absolute Gasteiger partial charge is 0.455 e. The molecule has 14 rings (SSSR count). The van der Waals surface area contributed by atoms with Crippen LogP contribution in [0.2, 0.25) is 72.5 Å². The van der Waals surface area contributed by atoms with Gasteiger partial charge in [0.1, 0.15) is 161 Å². The maximum atomic E-state index is 13.1. The van der Waals surface area contributed by atoms with Crippen LogP contribution in [0.3, 0.4) is 0 Å². The number of hydrogen-bond donors (Lipinski definition) is 4. The number of esters is 2. The van der Waals surface area contributed by atoms with Gasteiger partial charge in [0.2, 0.25) is 0 Å². The molecule has 2 aromatic carbocycles. The van der Waals surface area contributed by atoms with E-state index in [2.05, 4.69) is 146 Å². The van der Waals surface area contributed by atoms with Crippen LogP contribution in [-0.2, 0) is 135 Å². The molecule has 8 aliphatic heterocycles. The van der Waals surface area contributed by atoms with Crippen LogP contribution in [0.15, 0.2) is 60.7 Å². The van der Waals surface area contributed by atoms with Gasteiger partial charge in [-0.2, -0.15) is 0 Å². The fourth-order valence-corrected chi connectivity index (χ4v) is 22.4. The third kappa shape index (κ3) is 24.1. The molecular weight excluding hydrogens is 1730 g/mol. The van der Waals surface area contributed by atoms with E-state index in [0.29, 0.717) is 0 Å². The predicted molar refractivity (Wildman–Crippen MR) is 480 cm³/mol. The number of amides is 2. The molecule has 36 heteroatoms. The first-order valence-corrected chi connectivity index (χ1v) is 57.1. The molecule has 4 saturated carbocycles. The minimum absolute atomic E-state index is 0.0281. The van der Waals surface area contributed by atoms with Gasteiger partial charge in [0.25, 0.3) is 0 Å². The topological polar surface area (TPSA) is 354 Å². The number of nitrogens with one attached hydrogen (secondary N) is 2. The van der Waals surface area contributed by atoms with Crippen LogP contribution >= 0.6 is 0 Å². The van der Waals surface area contributed by atoms with Gasteiger partial charge in [-0.15, -0.1) is 0 Å². The third-order valence-electron chi connectivity index (χ3n) is 27.2. The molecule has 4 aliphatic carbocycles. The second-order valence-electron chi connectivity index (χ2n) is 45.6. The van der Waals surface area contributed by atoms with Crippen LogP contribution in [0.4, 0.5) is 9.59 Å². The van der Waals surface area contributed by atoms with Crippen molar-refractivity contribution in [2.24, 2.45) is 0 Å². The smallest absolute Gasteiger partial charge is 0.407 e. The summed E-state index contributed by atoms with van der Waals surface area (Å²) in [5.74, 6) is -7.99. The van der Waals surface area contributed by atoms with E-state index in [-0.39, 0.29) is 83.1 Å². The molecule has 4 unspecified atom stereocenters. The van der Waals surface area contributed by atoms with Crippen molar-refractivity contribution in [1.82, 2.24) is 10.6 Å². The maximum absolute atomic E-state index is 13.1. The molecule has 8 saturated heterocycles. The molecule has 0 bridgehead atoms. The summed E-state index contributed by atoms with van der Waals surface area (Å²) in [6.07, 6.45) is -14.6. The van der Waals surface area contributed by atoms with Crippen LogP contribution < -0.4 is 10.6 Å². The summed E-state index contributed by atoms with van der Waals surface area (Å²) in [6, 6.07) is 18.6. The Hall–Kier alpha value is -4.09. The Morgan fingerprint density at radius 2 is 0.492 bits per heavy atom. The minimum atomic E-state index is -2.36. The Labute approximate surface area is 763 Å². The Bertz CT molecular complexity index is 4080. The van der Waals surface area contributed by atoms with Gasteiger partial charge >= 0.3 is 24.1 Å². The summed E-state index contributed by atoms with van der Waals surface area (Å²) < 4.78 is 148. The molecule has 8 heterocycles. The van der Waals surface area contributed by atoms with E-state index in [9.17, 15) is 29.4 Å². The van der Waals surface area contributed by atoms with Crippen LogP contribution in [0, 0.1) is 0 Å². The first-order valence-electron chi connectivity index (χ1n) is 45.4. The van der Waals surface area contributed by atoms with E-state index in [1.165, 1.54) is 0 Å². The predicted octanol–water partition coefficient (Wildman–Crippen LogP) is 14.1. The van der Waals surface area contributed by atoms with Crippen molar-refractivity contribution in [3.05, 3.63) is 71.8 Å². The van der Waals surface area contributed by atoms with Gasteiger partial charge < -0.3 is 133 Å². The lowest BCUT2D eigenvalue weighted by Crippen LogP contribution is -2.66. The first kappa shape index (κ1) is 104. The van der Waals surface area contributed by atoms with Crippen LogP contribution in [0.25, 0.3) is 0 Å². The highest BCUT2D eigenvalue weighted by Crippen LogP contribution is 2.55. The van der Waals surface area contributed by atoms with Crippen molar-refractivity contribution in [3.63, 3.8) is 0 Å². The lowest BCUT2D eigenvalue weighted by molar-refractivity contribution is -0.196. The highest BCUT2D eigenvalue weighted by Gasteiger charge is 2.71. The summed E-state index contributed by atoms with van der Waals surface area (Å²) in [6.45, 7) is 72.5. The van der Waals surface area contributed by atoms with Gasteiger partial charge in [-0.3, -0.25) is 9.59 Å². The zero-order valence-electron chi connectivity index (χ0n) is 82.8. The quantitative estimate of drug-likeness (QED) is 0.0612. The van der Waals surface area contributed by atoms with Crippen molar-refractivity contribution in [3.8, 4) is 0 Å². The van der Waals surface area contributed by atoms with Gasteiger partial charge in [0.05, 0.1) is 0 Å². The number of aliphatic hydroxyl groups excluding tert-OH is 2. The van der Waals surface area contributed by atoms with Crippen molar-refractivity contribution in [2.75, 3.05) is 13.1 Å². The van der Waals surface area contributed by atoms with E-state index < -0.39 is 214 Å². The SMILES string of the molecule is CC1(C)O[C@@H]2C(O)[C@@H]3OC(C)(C)O[C@H]3C(O[Si](C)(C)C(C)(C)C)[C@H]2O1.CC1(C)O[C@@H]2C(OC(=O)CNC(=O)OCc3ccccc3)[C@@H]3OC(C)(C)O[C@H]3C(O[Si](C)(C)C(C)(C)C)[C@H]2O1.CC1(C)O[C@@H]2[C@@H](O1)[C@H](O[Si](C)(C)C(C)(C)C)[C@@H](O)[C@@H]1OC(C)(C)O[C@@H]21.CC1(C)O[C@H]2[C@@H]3OC(C)(C)O[C@H]3[C@H](OC(=O)CNC(=O)OCc3ccccc3)[C@@H](O[Si](C)(C)C(C)(C)C)[C@@H]2O1. The normalized spacial score (nSPS) is 35.8. The Morgan fingerprint density at radius 1 is 0.289 bits per heavy atom. The third-order valence-corrected chi connectivity index (χ3v) is 45.1. The van der Waals surface area contributed by atoms with E-state index in [0.717, 1.165) is 11.1 Å². The standard InChI is InChI=1S/2C28H43NO9Si.2C18H34O6Si/c1-26(2,3)39(8,9)38-24-19(33-18(30)15-29-25(31)32-16-17-13-11-10-12-14-17)20-21(35-27(4,5)34-20)22-23(24)37-28(6,7)36-22;1-26(2,3)39(8,9)38-24-22-20(34-27(4,5)36-22)19(21-23(24)37-28(6,7)35-21)33-18(30)15-29-25(31)32-16-17-13-11-10-12-14-17;1-16(2,3)25(8,9)24-12-10(19)11-13(21-17(4,5)20-11)15-14(12)22-18(6,7)23-15;1-16(2,3)25(8,9)24-15-13-11(20-17(4,5)22-13)10(19)12-14(15)23-18(6,7)21-12/h2*10-14,19-24H,15-16H2,1-9H3,(H,29,31);2*10-15,19H,1-9H3/t19-,20-,21+,22-,23+,24+;19?,20-,21+,22+,23-,24?;10-,11-,12+,13+,14-,15-;10?,11-,12+,13+,14-,15?/m0.0./s1. The second-order valence-corrected chi connectivity index (χ2v) is 64.6. The fourth-order valence-electron chi connectivity index (χ4n) is 17.2. The number of alkyl carbamates (subject to hydrolysis) is 2. The van der Waals surface area contributed by atoms with Crippen LogP contribution in [0.1, 0.15) is 205 Å². The molecule has 0 radical (unpaired) electrons. The Balaban J connectivity index is 0.000000169. The van der Waals surface area contributed by atoms with E-state index in [1.807, 2.05) is 171 Å². The van der Waals surface area contributed by atoms with Gasteiger partial charge in [0, 0.05) is 0 Å². The molecule has 12 fully saturated rings. The highest BCUT2D eigenvalue weighted by atomic mass is 28.4. The van der Waals surface area contributed by atoms with E-state index in [1.54, 1.807) is 0 Å². The molecule has 2 aromatic rings. The number of hydrogen-bond acceptors (Lipinski definition) is 30. The first-order chi connectivity index (χ1) is 58.2. The molecule has 32 nitrogen and oxygen atoms in total. The molecule has 12 aliphatic rings. The molecule has 0 aromatic heterocycles. The van der Waals surface area contributed by atoms with Crippen LogP contribution in [0.5, 0.6) is 0 Å². The molecule has 2 amide bonds. The van der Waals surface area contributed by atoms with Crippen LogP contribution in [-0.4, -0.2) is 273 Å². The van der Waals surface area contributed by atoms with Gasteiger partial charge in [-0.05, 0) is 194 Å². The number of rotatable bonds is 18. The summed E-state index contributed by atoms with van der Waals surface area (Å²) in [7, 11) is -8.81. The number of fused-ring (bicyclic) bond motifs is 10.